The minimum atomic E-state index is -0.194. The number of carbonyl (C=O) groups excluding carboxylic acids is 1. The molecule has 0 bridgehead atoms. The van der Waals surface area contributed by atoms with E-state index in [1.54, 1.807) is 32.4 Å². The van der Waals surface area contributed by atoms with Crippen LogP contribution >= 0.6 is 0 Å². The van der Waals surface area contributed by atoms with Crippen LogP contribution in [0.4, 0.5) is 11.6 Å². The molecule has 0 atom stereocenters. The van der Waals surface area contributed by atoms with Crippen molar-refractivity contribution in [2.75, 3.05) is 26.1 Å². The highest BCUT2D eigenvalue weighted by Gasteiger charge is 2.20. The Kier molecular flexibility index (Phi) is 6.64. The Morgan fingerprint density at radius 2 is 1.83 bits per heavy atom. The van der Waals surface area contributed by atoms with E-state index in [1.807, 2.05) is 6.20 Å². The van der Waals surface area contributed by atoms with Crippen molar-refractivity contribution >= 4 is 28.6 Å². The molecule has 1 amide bonds. The molecule has 2 aromatic heterocycles. The molecule has 8 heteroatoms. The van der Waals surface area contributed by atoms with Crippen LogP contribution in [0, 0.1) is 12.3 Å². The van der Waals surface area contributed by atoms with Gasteiger partial charge in [-0.2, -0.15) is 9.97 Å². The normalized spacial score (nSPS) is 11.4. The third-order valence-electron chi connectivity index (χ3n) is 5.44. The van der Waals surface area contributed by atoms with Crippen molar-refractivity contribution in [3.05, 3.63) is 59.8 Å². The number of H-pyrrole nitrogens is 1. The number of rotatable bonds is 7. The Morgan fingerprint density at radius 1 is 1.09 bits per heavy atom. The molecule has 4 aromatic rings. The van der Waals surface area contributed by atoms with Crippen LogP contribution < -0.4 is 20.1 Å². The van der Waals surface area contributed by atoms with Crippen molar-refractivity contribution in [1.82, 2.24) is 20.3 Å². The lowest BCUT2D eigenvalue weighted by Crippen LogP contribution is -2.18. The summed E-state index contributed by atoms with van der Waals surface area (Å²) in [4.78, 5) is 24.7. The molecule has 2 heterocycles. The van der Waals surface area contributed by atoms with Gasteiger partial charge in [0.15, 0.2) is 0 Å². The van der Waals surface area contributed by atoms with Gasteiger partial charge in [-0.1, -0.05) is 50.6 Å². The molecular weight excluding hydrogens is 442 g/mol. The van der Waals surface area contributed by atoms with Crippen LogP contribution in [0.15, 0.2) is 48.7 Å². The Bertz CT molecular complexity index is 1350. The maximum absolute atomic E-state index is 12.0. The number of methoxy groups -OCH3 is 1. The van der Waals surface area contributed by atoms with Crippen LogP contribution in [0.1, 0.15) is 36.7 Å². The van der Waals surface area contributed by atoms with E-state index in [0.717, 1.165) is 16.5 Å². The molecule has 0 aliphatic carbocycles. The Hall–Kier alpha value is -4.07. The third-order valence-corrected chi connectivity index (χ3v) is 5.44. The molecule has 182 valence electrons. The molecule has 0 saturated heterocycles. The highest BCUT2D eigenvalue weighted by Crippen LogP contribution is 2.36. The number of fused-ring (bicyclic) bond motifs is 1. The maximum atomic E-state index is 12.0. The highest BCUT2D eigenvalue weighted by molar-refractivity contribution is 5.98. The summed E-state index contributed by atoms with van der Waals surface area (Å²) in [5, 5.41) is 6.65. The second-order valence-electron chi connectivity index (χ2n) is 9.61. The number of anilines is 2. The van der Waals surface area contributed by atoms with Crippen LogP contribution in [-0.4, -0.2) is 41.6 Å². The molecule has 4 rings (SSSR count). The number of aromatic nitrogens is 3. The van der Waals surface area contributed by atoms with Crippen molar-refractivity contribution < 1.29 is 14.3 Å². The summed E-state index contributed by atoms with van der Waals surface area (Å²) < 4.78 is 11.7. The summed E-state index contributed by atoms with van der Waals surface area (Å²) in [7, 11) is 3.14. The summed E-state index contributed by atoms with van der Waals surface area (Å²) in [6, 6.07) is 13.5. The van der Waals surface area contributed by atoms with Gasteiger partial charge < -0.3 is 25.1 Å². The van der Waals surface area contributed by atoms with Crippen molar-refractivity contribution in [2.45, 2.75) is 27.7 Å². The first-order chi connectivity index (χ1) is 16.7. The molecule has 0 unspecified atom stereocenters. The summed E-state index contributed by atoms with van der Waals surface area (Å²) in [5.74, 6) is 1.15. The fourth-order valence-electron chi connectivity index (χ4n) is 3.61. The lowest BCUT2D eigenvalue weighted by atomic mass is 9.99. The molecule has 0 fully saturated rings. The molecule has 8 nitrogen and oxygen atoms in total. The van der Waals surface area contributed by atoms with Crippen molar-refractivity contribution in [3.8, 4) is 22.8 Å². The molecule has 0 spiro atoms. The number of nitrogens with zero attached hydrogens (tertiary/aromatic N) is 2. The van der Waals surface area contributed by atoms with Gasteiger partial charge in [0.2, 0.25) is 11.8 Å². The maximum Gasteiger partial charge on any atom is 0.251 e. The number of carbonyl (C=O) groups is 1. The quantitative estimate of drug-likeness (QED) is 0.329. The van der Waals surface area contributed by atoms with E-state index < -0.39 is 0 Å². The van der Waals surface area contributed by atoms with Gasteiger partial charge in [0.1, 0.15) is 11.4 Å². The Morgan fingerprint density at radius 3 is 2.49 bits per heavy atom. The van der Waals surface area contributed by atoms with Gasteiger partial charge in [-0.05, 0) is 36.1 Å². The molecule has 2 aromatic carbocycles. The number of benzene rings is 2. The Labute approximate surface area is 205 Å². The minimum Gasteiger partial charge on any atom is -0.495 e. The smallest absolute Gasteiger partial charge is 0.251 e. The van der Waals surface area contributed by atoms with E-state index >= 15 is 0 Å². The number of nitrogens with one attached hydrogen (secondary N) is 3. The van der Waals surface area contributed by atoms with Gasteiger partial charge in [0, 0.05) is 24.4 Å². The summed E-state index contributed by atoms with van der Waals surface area (Å²) >= 11 is 0. The van der Waals surface area contributed by atoms with E-state index in [-0.39, 0.29) is 11.3 Å². The van der Waals surface area contributed by atoms with Crippen molar-refractivity contribution in [2.24, 2.45) is 5.41 Å². The standard InChI is InChI=1S/C27H31N5O3/c1-16-7-9-17(10-8-16)19-14-29-23-22(19)25(35-15-27(2,3)4)32-26(31-23)30-20-12-11-18(24(33)28-5)13-21(20)34-6/h7-14H,15H2,1-6H3,(H,28,33)(H2,29,30,31,32). The number of ether oxygens (including phenoxy) is 2. The predicted octanol–water partition coefficient (Wildman–Crippen LogP) is 5.47. The third kappa shape index (κ3) is 5.37. The number of hydrogen-bond acceptors (Lipinski definition) is 6. The molecule has 0 saturated carbocycles. The minimum absolute atomic E-state index is 0.0515. The summed E-state index contributed by atoms with van der Waals surface area (Å²) in [6.45, 7) is 8.89. The highest BCUT2D eigenvalue weighted by atomic mass is 16.5. The number of aryl methyl sites for hydroxylation is 1. The fraction of sp³-hybridized carbons (Fsp3) is 0.296. The van der Waals surface area contributed by atoms with Crippen molar-refractivity contribution in [3.63, 3.8) is 0 Å². The zero-order chi connectivity index (χ0) is 25.2. The first-order valence-corrected chi connectivity index (χ1v) is 11.4. The second-order valence-corrected chi connectivity index (χ2v) is 9.61. The average molecular weight is 474 g/mol. The van der Waals surface area contributed by atoms with E-state index in [4.69, 9.17) is 19.4 Å². The zero-order valence-electron chi connectivity index (χ0n) is 20.9. The lowest BCUT2D eigenvalue weighted by molar-refractivity contribution is 0.0963. The van der Waals surface area contributed by atoms with Gasteiger partial charge in [-0.15, -0.1) is 0 Å². The first-order valence-electron chi connectivity index (χ1n) is 11.4. The van der Waals surface area contributed by atoms with Gasteiger partial charge in [0.05, 0.1) is 24.8 Å². The number of amides is 1. The van der Waals surface area contributed by atoms with Gasteiger partial charge in [0.25, 0.3) is 5.91 Å². The largest absolute Gasteiger partial charge is 0.495 e. The topological polar surface area (TPSA) is 101 Å². The SMILES string of the molecule is CNC(=O)c1ccc(Nc2nc(OCC(C)(C)C)c3c(-c4ccc(C)cc4)c[nH]c3n2)c(OC)c1. The van der Waals surface area contributed by atoms with Crippen LogP contribution in [0.25, 0.3) is 22.2 Å². The number of hydrogen-bond donors (Lipinski definition) is 3. The van der Waals surface area contributed by atoms with Gasteiger partial charge >= 0.3 is 0 Å². The van der Waals surface area contributed by atoms with Crippen LogP contribution in [0.2, 0.25) is 0 Å². The Balaban J connectivity index is 1.77. The summed E-state index contributed by atoms with van der Waals surface area (Å²) in [5.41, 5.74) is 4.95. The molecular formula is C27H31N5O3. The lowest BCUT2D eigenvalue weighted by Gasteiger charge is -2.19. The zero-order valence-corrected chi connectivity index (χ0v) is 20.9. The molecule has 0 aliphatic heterocycles. The van der Waals surface area contributed by atoms with E-state index in [9.17, 15) is 4.79 Å². The van der Waals surface area contributed by atoms with Crippen molar-refractivity contribution in [1.29, 1.82) is 0 Å². The molecule has 0 aliphatic rings. The van der Waals surface area contributed by atoms with Crippen LogP contribution in [0.3, 0.4) is 0 Å². The van der Waals surface area contributed by atoms with Gasteiger partial charge in [-0.3, -0.25) is 4.79 Å². The first kappa shape index (κ1) is 24.1. The average Bonchev–Trinajstić information content (AvgIpc) is 3.26. The predicted molar refractivity (Wildman–Crippen MR) is 139 cm³/mol. The monoisotopic (exact) mass is 473 g/mol. The van der Waals surface area contributed by atoms with E-state index in [2.05, 4.69) is 67.6 Å². The fourth-order valence-corrected chi connectivity index (χ4v) is 3.61. The van der Waals surface area contributed by atoms with Gasteiger partial charge in [-0.25, -0.2) is 0 Å². The van der Waals surface area contributed by atoms with Crippen LogP contribution in [-0.2, 0) is 0 Å². The van der Waals surface area contributed by atoms with E-state index in [1.165, 1.54) is 5.56 Å². The molecule has 3 N–H and O–H groups in total. The second kappa shape index (κ2) is 9.66. The van der Waals surface area contributed by atoms with Crippen LogP contribution in [0.5, 0.6) is 11.6 Å². The number of aromatic amines is 1. The summed E-state index contributed by atoms with van der Waals surface area (Å²) in [6.07, 6.45) is 1.93. The van der Waals surface area contributed by atoms with E-state index in [0.29, 0.717) is 41.1 Å². The molecule has 35 heavy (non-hydrogen) atoms. The molecule has 0 radical (unpaired) electrons.